The third-order valence-corrected chi connectivity index (χ3v) is 17.6. The number of hydrogen-bond acceptors (Lipinski definition) is 0. The Morgan fingerprint density at radius 1 is 0.688 bits per heavy atom. The summed E-state index contributed by atoms with van der Waals surface area (Å²) >= 11 is -0.871. The molecular formula is C14H17GeSi. The van der Waals surface area contributed by atoms with Crippen LogP contribution in [0.5, 0.6) is 0 Å². The van der Waals surface area contributed by atoms with Crippen LogP contribution in [-0.2, 0) is 0 Å². The van der Waals surface area contributed by atoms with Gasteiger partial charge in [0.1, 0.15) is 0 Å². The minimum atomic E-state index is -0.871. The molecule has 1 radical (unpaired) electrons. The summed E-state index contributed by atoms with van der Waals surface area (Å²) in [6, 6.07) is 22.2. The van der Waals surface area contributed by atoms with Crippen molar-refractivity contribution in [3.63, 3.8) is 0 Å². The molecule has 0 N–H and O–H groups in total. The fraction of sp³-hybridized carbons (Fsp3) is 0.143. The molecule has 0 spiro atoms. The third-order valence-electron chi connectivity index (χ3n) is 2.84. The van der Waals surface area contributed by atoms with E-state index in [1.807, 2.05) is 0 Å². The van der Waals surface area contributed by atoms with Gasteiger partial charge in [-0.15, -0.1) is 0 Å². The summed E-state index contributed by atoms with van der Waals surface area (Å²) in [6.45, 7) is 0. The van der Waals surface area contributed by atoms with E-state index in [2.05, 4.69) is 72.2 Å². The maximum absolute atomic E-state index is 2.51. The standard InChI is InChI=1S/C14H17GeSi/c1-15(2)16(13-9-5-3-6-10-13)14-11-7-4-8-12-14/h3-12,16H,1-2H3. The summed E-state index contributed by atoms with van der Waals surface area (Å²) in [7, 11) is -0.857. The first-order valence-corrected chi connectivity index (χ1v) is 15.2. The Labute approximate surface area is 103 Å². The quantitative estimate of drug-likeness (QED) is 0.756. The molecule has 0 amide bonds. The van der Waals surface area contributed by atoms with Crippen LogP contribution in [0.1, 0.15) is 0 Å². The van der Waals surface area contributed by atoms with Crippen molar-refractivity contribution in [1.29, 1.82) is 0 Å². The Bertz CT molecular complexity index is 386. The molecule has 81 valence electrons. The predicted octanol–water partition coefficient (Wildman–Crippen LogP) is 1.86. The Morgan fingerprint density at radius 2 is 1.06 bits per heavy atom. The molecule has 0 saturated carbocycles. The summed E-state index contributed by atoms with van der Waals surface area (Å²) in [5, 5.41) is 3.24. The summed E-state index contributed by atoms with van der Waals surface area (Å²) < 4.78 is 0. The first kappa shape index (κ1) is 11.7. The van der Waals surface area contributed by atoms with E-state index in [9.17, 15) is 0 Å². The van der Waals surface area contributed by atoms with E-state index in [1.165, 1.54) is 0 Å². The van der Waals surface area contributed by atoms with E-state index < -0.39 is 21.0 Å². The SMILES string of the molecule is [CH3][Ge]([CH3])[SiH](c1ccccc1)c1ccccc1. The van der Waals surface area contributed by atoms with Crippen molar-refractivity contribution in [2.24, 2.45) is 0 Å². The summed E-state index contributed by atoms with van der Waals surface area (Å²) in [5.41, 5.74) is 0. The van der Waals surface area contributed by atoms with Crippen LogP contribution in [0.4, 0.5) is 0 Å². The summed E-state index contributed by atoms with van der Waals surface area (Å²) in [6.07, 6.45) is 0. The molecule has 16 heavy (non-hydrogen) atoms. The van der Waals surface area contributed by atoms with Crippen LogP contribution in [-0.4, -0.2) is 21.0 Å². The van der Waals surface area contributed by atoms with Gasteiger partial charge in [-0.1, -0.05) is 0 Å². The van der Waals surface area contributed by atoms with Crippen molar-refractivity contribution in [1.82, 2.24) is 0 Å². The zero-order valence-electron chi connectivity index (χ0n) is 9.85. The van der Waals surface area contributed by atoms with Crippen molar-refractivity contribution in [2.75, 3.05) is 0 Å². The zero-order valence-corrected chi connectivity index (χ0v) is 13.1. The molecule has 0 aliphatic carbocycles. The molecule has 0 aliphatic heterocycles. The van der Waals surface area contributed by atoms with Gasteiger partial charge in [-0.25, -0.2) is 0 Å². The fourth-order valence-electron chi connectivity index (χ4n) is 2.15. The Balaban J connectivity index is 2.40. The number of benzene rings is 2. The molecule has 0 atom stereocenters. The average molecular weight is 286 g/mol. The molecular weight excluding hydrogens is 269 g/mol. The monoisotopic (exact) mass is 287 g/mol. The van der Waals surface area contributed by atoms with Crippen LogP contribution in [0.15, 0.2) is 60.7 Å². The molecule has 0 aromatic heterocycles. The van der Waals surface area contributed by atoms with E-state index in [-0.39, 0.29) is 0 Å². The molecule has 0 nitrogen and oxygen atoms in total. The van der Waals surface area contributed by atoms with Crippen molar-refractivity contribution in [2.45, 2.75) is 11.5 Å². The zero-order chi connectivity index (χ0) is 11.4. The van der Waals surface area contributed by atoms with Crippen LogP contribution < -0.4 is 10.4 Å². The van der Waals surface area contributed by atoms with Crippen LogP contribution in [0.3, 0.4) is 0 Å². The fourth-order valence-corrected chi connectivity index (χ4v) is 15.9. The molecule has 2 rings (SSSR count). The Kier molecular flexibility index (Phi) is 4.02. The van der Waals surface area contributed by atoms with E-state index in [4.69, 9.17) is 0 Å². The Hall–Kier alpha value is -0.800. The topological polar surface area (TPSA) is 0 Å². The van der Waals surface area contributed by atoms with Gasteiger partial charge in [0, 0.05) is 0 Å². The van der Waals surface area contributed by atoms with Crippen molar-refractivity contribution in [3.8, 4) is 0 Å². The second kappa shape index (κ2) is 5.50. The van der Waals surface area contributed by atoms with Crippen molar-refractivity contribution < 1.29 is 0 Å². The first-order chi connectivity index (χ1) is 7.79. The summed E-state index contributed by atoms with van der Waals surface area (Å²) in [5.74, 6) is 5.02. The van der Waals surface area contributed by atoms with Gasteiger partial charge in [-0.05, 0) is 0 Å². The molecule has 0 fully saturated rings. The van der Waals surface area contributed by atoms with Gasteiger partial charge in [0.25, 0.3) is 0 Å². The minimum absolute atomic E-state index is 0.857. The van der Waals surface area contributed by atoms with E-state index >= 15 is 0 Å². The molecule has 0 aliphatic rings. The van der Waals surface area contributed by atoms with Crippen LogP contribution in [0.2, 0.25) is 11.5 Å². The van der Waals surface area contributed by atoms with Gasteiger partial charge in [0.05, 0.1) is 0 Å². The van der Waals surface area contributed by atoms with Gasteiger partial charge in [0.15, 0.2) is 0 Å². The first-order valence-electron chi connectivity index (χ1n) is 5.69. The van der Waals surface area contributed by atoms with Crippen molar-refractivity contribution in [3.05, 3.63) is 60.7 Å². The van der Waals surface area contributed by atoms with Crippen LogP contribution in [0, 0.1) is 0 Å². The second-order valence-corrected chi connectivity index (χ2v) is 20.7. The van der Waals surface area contributed by atoms with Gasteiger partial charge in [-0.3, -0.25) is 0 Å². The molecule has 2 heteroatoms. The van der Waals surface area contributed by atoms with Gasteiger partial charge < -0.3 is 0 Å². The van der Waals surface area contributed by atoms with Gasteiger partial charge >= 0.3 is 104 Å². The van der Waals surface area contributed by atoms with E-state index in [0.29, 0.717) is 0 Å². The average Bonchev–Trinajstić information content (AvgIpc) is 2.31. The molecule has 2 aromatic rings. The number of rotatable bonds is 3. The molecule has 0 saturated heterocycles. The molecule has 0 bridgehead atoms. The van der Waals surface area contributed by atoms with Gasteiger partial charge in [-0.2, -0.15) is 0 Å². The number of hydrogen-bond donors (Lipinski definition) is 0. The van der Waals surface area contributed by atoms with Crippen LogP contribution in [0.25, 0.3) is 0 Å². The molecule has 0 heterocycles. The summed E-state index contributed by atoms with van der Waals surface area (Å²) in [4.78, 5) is 0. The second-order valence-electron chi connectivity index (χ2n) is 4.33. The predicted molar refractivity (Wildman–Crippen MR) is 76.8 cm³/mol. The van der Waals surface area contributed by atoms with Crippen molar-refractivity contribution >= 4 is 31.4 Å². The van der Waals surface area contributed by atoms with E-state index in [1.54, 1.807) is 10.4 Å². The molecule has 0 unspecified atom stereocenters. The Morgan fingerprint density at radius 3 is 1.38 bits per heavy atom. The van der Waals surface area contributed by atoms with Gasteiger partial charge in [0.2, 0.25) is 0 Å². The third kappa shape index (κ3) is 2.66. The van der Waals surface area contributed by atoms with Crippen LogP contribution >= 0.6 is 0 Å². The van der Waals surface area contributed by atoms with E-state index in [0.717, 1.165) is 0 Å². The normalized spacial score (nSPS) is 11.0. The molecule has 2 aromatic carbocycles. The maximum atomic E-state index is 2.51.